The van der Waals surface area contributed by atoms with Crippen LogP contribution in [0.2, 0.25) is 0 Å². The van der Waals surface area contributed by atoms with Gasteiger partial charge in [-0.3, -0.25) is 13.7 Å². The van der Waals surface area contributed by atoms with Gasteiger partial charge in [-0.15, -0.1) is 0 Å². The molecular weight excluding hydrogens is 865 g/mol. The number of rotatable bonds is 8. The minimum absolute atomic E-state index is 0.115. The maximum Gasteiger partial charge on any atom is 0.269 e. The molecule has 3 heterocycles. The van der Waals surface area contributed by atoms with E-state index in [1.54, 1.807) is 22.8 Å². The number of pyridine rings is 1. The standard InChI is InChI=1S/C66H60N4O/c1-64(2,3)48-33-34-67-62(40-48)70-58-28-17-16-25-56(58)57-32-31-52(42-61(57)70)71-53-38-47(46-35-49(65(4,5)6)39-50(36-46)66(7,8)9)37-51(41-53)68-43-69(60-30-19-18-29-59(60)68)63-54(44-21-12-10-13-22-44)26-20-27-55(63)45-23-14-11-15-24-45/h10-42H,1-9H3/i10D,11D,12D,13D,14D,15D,21D,22D,23D,24D. The van der Waals surface area contributed by atoms with Crippen LogP contribution in [0, 0.1) is 6.33 Å². The highest BCUT2D eigenvalue weighted by molar-refractivity contribution is 6.09. The molecule has 0 fully saturated rings. The van der Waals surface area contributed by atoms with Gasteiger partial charge < -0.3 is 4.74 Å². The Balaban J connectivity index is 1.19. The summed E-state index contributed by atoms with van der Waals surface area (Å²) in [5.74, 6) is 1.87. The van der Waals surface area contributed by atoms with Crippen LogP contribution in [0.15, 0.2) is 200 Å². The van der Waals surface area contributed by atoms with E-state index in [4.69, 9.17) is 17.9 Å². The van der Waals surface area contributed by atoms with Gasteiger partial charge in [0.05, 0.1) is 47.1 Å². The summed E-state index contributed by atoms with van der Waals surface area (Å²) in [6.45, 7) is 19.8. The Hall–Kier alpha value is -8.02. The maximum absolute atomic E-state index is 9.20. The minimum atomic E-state index is -0.571. The highest BCUT2D eigenvalue weighted by Crippen LogP contribution is 2.41. The lowest BCUT2D eigenvalue weighted by Crippen LogP contribution is -2.31. The highest BCUT2D eigenvalue weighted by Gasteiger charge is 2.24. The van der Waals surface area contributed by atoms with Gasteiger partial charge >= 0.3 is 0 Å². The molecule has 0 aliphatic carbocycles. The van der Waals surface area contributed by atoms with Crippen LogP contribution in [-0.4, -0.2) is 14.1 Å². The molecule has 0 spiro atoms. The second-order valence-corrected chi connectivity index (χ2v) is 21.3. The van der Waals surface area contributed by atoms with E-state index >= 15 is 0 Å². The molecule has 5 heteroatoms. The average molecular weight is 935 g/mol. The monoisotopic (exact) mass is 935 g/mol. The predicted octanol–water partition coefficient (Wildman–Crippen LogP) is 16.9. The van der Waals surface area contributed by atoms with Gasteiger partial charge in [-0.1, -0.05) is 202 Å². The molecule has 3 aromatic heterocycles. The second-order valence-electron chi connectivity index (χ2n) is 21.3. The van der Waals surface area contributed by atoms with Crippen LogP contribution in [0.5, 0.6) is 11.5 Å². The fraction of sp³-hybridized carbons (Fsp3) is 0.182. The van der Waals surface area contributed by atoms with Crippen molar-refractivity contribution in [2.75, 3.05) is 0 Å². The van der Waals surface area contributed by atoms with Gasteiger partial charge in [0.25, 0.3) is 6.33 Å². The van der Waals surface area contributed by atoms with E-state index in [0.717, 1.165) is 55.4 Å². The Labute approximate surface area is 432 Å². The van der Waals surface area contributed by atoms with E-state index in [1.807, 2.05) is 71.4 Å². The van der Waals surface area contributed by atoms with Crippen LogP contribution >= 0.6 is 0 Å². The molecule has 350 valence electrons. The van der Waals surface area contributed by atoms with Crippen molar-refractivity contribution in [3.05, 3.63) is 223 Å². The van der Waals surface area contributed by atoms with Crippen LogP contribution in [0.1, 0.15) is 92.7 Å². The van der Waals surface area contributed by atoms with Gasteiger partial charge in [0.15, 0.2) is 0 Å². The van der Waals surface area contributed by atoms with Gasteiger partial charge in [-0.2, -0.15) is 0 Å². The molecule has 0 aliphatic heterocycles. The van der Waals surface area contributed by atoms with Gasteiger partial charge in [-0.25, -0.2) is 4.98 Å². The number of hydrogen-bond donors (Lipinski definition) is 0. The summed E-state index contributed by atoms with van der Waals surface area (Å²) in [4.78, 5) is 4.91. The number of para-hydroxylation sites is 4. The van der Waals surface area contributed by atoms with Crippen molar-refractivity contribution >= 4 is 32.8 Å². The number of nitrogens with zero attached hydrogens (tertiary/aromatic N) is 4. The quantitative estimate of drug-likeness (QED) is 0.112. The van der Waals surface area contributed by atoms with Crippen molar-refractivity contribution in [2.24, 2.45) is 0 Å². The molecule has 0 unspecified atom stereocenters. The van der Waals surface area contributed by atoms with E-state index in [1.165, 1.54) is 0 Å². The van der Waals surface area contributed by atoms with Gasteiger partial charge in [0, 0.05) is 23.0 Å². The van der Waals surface area contributed by atoms with Crippen molar-refractivity contribution in [3.63, 3.8) is 0 Å². The van der Waals surface area contributed by atoms with Gasteiger partial charge in [0.1, 0.15) is 17.3 Å². The zero-order chi connectivity index (χ0) is 57.9. The Morgan fingerprint density at radius 3 is 1.73 bits per heavy atom. The van der Waals surface area contributed by atoms with Crippen LogP contribution in [-0.2, 0) is 16.2 Å². The van der Waals surface area contributed by atoms with E-state index in [2.05, 4.69) is 128 Å². The molecule has 8 aromatic carbocycles. The summed E-state index contributed by atoms with van der Waals surface area (Å²) in [5, 5.41) is 2.11. The molecule has 0 amide bonds. The third-order valence-corrected chi connectivity index (χ3v) is 13.2. The Bertz CT molecular complexity index is 4230. The fourth-order valence-electron chi connectivity index (χ4n) is 9.38. The lowest BCUT2D eigenvalue weighted by atomic mass is 9.79. The molecule has 0 bridgehead atoms. The van der Waals surface area contributed by atoms with Crippen LogP contribution in [0.4, 0.5) is 0 Å². The topological polar surface area (TPSA) is 35.9 Å². The third kappa shape index (κ3) is 8.60. The first-order chi connectivity index (χ1) is 38.2. The van der Waals surface area contributed by atoms with Crippen molar-refractivity contribution < 1.29 is 23.0 Å². The van der Waals surface area contributed by atoms with Crippen molar-refractivity contribution in [2.45, 2.75) is 78.6 Å². The van der Waals surface area contributed by atoms with Crippen molar-refractivity contribution in [1.29, 1.82) is 0 Å². The molecule has 5 nitrogen and oxygen atoms in total. The van der Waals surface area contributed by atoms with E-state index in [9.17, 15) is 5.48 Å². The van der Waals surface area contributed by atoms with Crippen molar-refractivity contribution in [3.8, 4) is 62.1 Å². The molecule has 0 atom stereocenters. The lowest BCUT2D eigenvalue weighted by Gasteiger charge is -2.26. The van der Waals surface area contributed by atoms with E-state index in [-0.39, 0.29) is 44.2 Å². The molecule has 0 N–H and O–H groups in total. The number of hydrogen-bond acceptors (Lipinski definition) is 2. The molecule has 11 rings (SSSR count). The largest absolute Gasteiger partial charge is 0.458 e. The normalized spacial score (nSPS) is 14.3. The van der Waals surface area contributed by atoms with Crippen LogP contribution < -0.4 is 9.30 Å². The number of benzene rings is 8. The summed E-state index contributed by atoms with van der Waals surface area (Å²) in [5.41, 5.74) is 8.67. The summed E-state index contributed by atoms with van der Waals surface area (Å²) in [7, 11) is 0. The third-order valence-electron chi connectivity index (χ3n) is 13.2. The average Bonchev–Trinajstić information content (AvgIpc) is 4.03. The minimum Gasteiger partial charge on any atom is -0.458 e. The molecular formula is C66H60N4O. The number of aromatic nitrogens is 4. The molecule has 11 aromatic rings. The van der Waals surface area contributed by atoms with E-state index in [0.29, 0.717) is 28.2 Å². The maximum atomic E-state index is 9.20. The SMILES string of the molecule is [2H]c1c([2H])c([2H])c(-c2cccc(-c3c([2H])c([2H])c([2H])c([2H])c3[2H])c2-[n+]2[c-]n(-c3cc(Oc4ccc5c6ccccc6n(-c6cc(C(C)(C)C)ccn6)c5c4)cc(-c4cc(C(C)(C)C)cc(C(C)(C)C)c4)c3)c3ccccc32)c([2H])c1[2H]. The number of fused-ring (bicyclic) bond motifs is 4. The molecule has 0 radical (unpaired) electrons. The number of imidazole rings is 1. The van der Waals surface area contributed by atoms with Gasteiger partial charge in [0.2, 0.25) is 0 Å². The summed E-state index contributed by atoms with van der Waals surface area (Å²) in [6.07, 6.45) is 5.44. The first-order valence-corrected chi connectivity index (χ1v) is 24.0. The zero-order valence-corrected chi connectivity index (χ0v) is 41.5. The molecule has 0 saturated carbocycles. The lowest BCUT2D eigenvalue weighted by molar-refractivity contribution is -0.571. The summed E-state index contributed by atoms with van der Waals surface area (Å²) in [6, 6.07) is 38.5. The van der Waals surface area contributed by atoms with Gasteiger partial charge in [-0.05, 0) is 115 Å². The molecule has 0 aliphatic rings. The molecule has 71 heavy (non-hydrogen) atoms. The van der Waals surface area contributed by atoms with Crippen LogP contribution in [0.25, 0.3) is 83.4 Å². The first kappa shape index (κ1) is 35.1. The van der Waals surface area contributed by atoms with Crippen LogP contribution in [0.3, 0.4) is 0 Å². The fourth-order valence-corrected chi connectivity index (χ4v) is 9.38. The Kier molecular flexibility index (Phi) is 8.63. The summed E-state index contributed by atoms with van der Waals surface area (Å²) < 4.78 is 101. The smallest absolute Gasteiger partial charge is 0.269 e. The predicted molar refractivity (Wildman–Crippen MR) is 295 cm³/mol. The van der Waals surface area contributed by atoms with Crippen molar-refractivity contribution in [1.82, 2.24) is 14.1 Å². The summed E-state index contributed by atoms with van der Waals surface area (Å²) >= 11 is 0. The zero-order valence-electron chi connectivity index (χ0n) is 51.5. The first-order valence-electron chi connectivity index (χ1n) is 29.0. The molecule has 0 saturated heterocycles. The Morgan fingerprint density at radius 1 is 0.493 bits per heavy atom. The number of ether oxygens (including phenoxy) is 1. The van der Waals surface area contributed by atoms with E-state index < -0.39 is 60.4 Å². The second kappa shape index (κ2) is 17.4. The highest BCUT2D eigenvalue weighted by atomic mass is 16.5. The Morgan fingerprint density at radius 2 is 1.08 bits per heavy atom.